The van der Waals surface area contributed by atoms with Crippen LogP contribution in [-0.4, -0.2) is 51.2 Å². The average molecular weight is 545 g/mol. The van der Waals surface area contributed by atoms with Gasteiger partial charge in [-0.3, -0.25) is 14.6 Å². The Hall–Kier alpha value is -4.54. The van der Waals surface area contributed by atoms with Crippen molar-refractivity contribution in [2.24, 2.45) is 4.99 Å². The van der Waals surface area contributed by atoms with E-state index >= 15 is 0 Å². The van der Waals surface area contributed by atoms with Crippen molar-refractivity contribution in [2.75, 3.05) is 18.5 Å². The van der Waals surface area contributed by atoms with Crippen molar-refractivity contribution >= 4 is 35.6 Å². The number of aryl methyl sites for hydroxylation is 1. The predicted molar refractivity (Wildman–Crippen MR) is 147 cm³/mol. The molecule has 198 valence electrons. The molecule has 10 nitrogen and oxygen atoms in total. The molecule has 0 spiro atoms. The first-order chi connectivity index (χ1) is 18.9. The van der Waals surface area contributed by atoms with Gasteiger partial charge in [-0.25, -0.2) is 9.97 Å². The molecule has 11 heteroatoms. The number of aliphatic hydroxyl groups excluding tert-OH is 1. The number of nitrogens with zero attached hydrogens (tertiary/aromatic N) is 4. The van der Waals surface area contributed by atoms with Gasteiger partial charge in [-0.2, -0.15) is 0 Å². The Bertz CT molecular complexity index is 1520. The molecule has 0 bridgehead atoms. The molecular formula is C28H25ClN6O4. The summed E-state index contributed by atoms with van der Waals surface area (Å²) in [6.45, 7) is 1.84. The molecule has 0 radical (unpaired) electrons. The number of carbonyl (C=O) groups excluding carboxylic acids is 2. The van der Waals surface area contributed by atoms with Gasteiger partial charge in [0.15, 0.2) is 0 Å². The van der Waals surface area contributed by atoms with Crippen LogP contribution in [0.15, 0.2) is 78.1 Å². The summed E-state index contributed by atoms with van der Waals surface area (Å²) in [5.74, 6) is -0.358. The van der Waals surface area contributed by atoms with Crippen LogP contribution in [0.5, 0.6) is 0 Å². The highest BCUT2D eigenvalue weighted by Crippen LogP contribution is 2.31. The number of amides is 2. The summed E-state index contributed by atoms with van der Waals surface area (Å²) >= 11 is 6.41. The van der Waals surface area contributed by atoms with Gasteiger partial charge in [0.05, 0.1) is 47.7 Å². The summed E-state index contributed by atoms with van der Waals surface area (Å²) in [6, 6.07) is 12.4. The summed E-state index contributed by atoms with van der Waals surface area (Å²) in [4.78, 5) is 40.2. The zero-order valence-electron chi connectivity index (χ0n) is 21.0. The number of carbonyl (C=O) groups is 2. The first-order valence-electron chi connectivity index (χ1n) is 12.1. The third-order valence-electron chi connectivity index (χ3n) is 6.19. The molecule has 1 atom stereocenters. The van der Waals surface area contributed by atoms with E-state index in [9.17, 15) is 14.7 Å². The van der Waals surface area contributed by atoms with Gasteiger partial charge in [0.2, 0.25) is 11.9 Å². The quantitative estimate of drug-likeness (QED) is 0.394. The van der Waals surface area contributed by atoms with E-state index < -0.39 is 6.04 Å². The number of ether oxygens (including phenoxy) is 1. The Labute approximate surface area is 229 Å². The number of fused-ring (bicyclic) bond motifs is 1. The highest BCUT2D eigenvalue weighted by molar-refractivity contribution is 6.33. The van der Waals surface area contributed by atoms with E-state index in [1.807, 2.05) is 43.3 Å². The number of hydrogen-bond acceptors (Lipinski definition) is 8. The molecule has 0 saturated heterocycles. The minimum atomic E-state index is -0.561. The number of aliphatic hydroxyl groups is 1. The van der Waals surface area contributed by atoms with Crippen molar-refractivity contribution < 1.29 is 19.4 Å². The molecule has 39 heavy (non-hydrogen) atoms. The number of rotatable bonds is 8. The largest absolute Gasteiger partial charge is 0.469 e. The summed E-state index contributed by atoms with van der Waals surface area (Å²) in [5.41, 5.74) is 4.70. The molecule has 3 heterocycles. The number of aliphatic imine (C=N–C) groups is 1. The van der Waals surface area contributed by atoms with E-state index in [0.717, 1.165) is 16.7 Å². The van der Waals surface area contributed by atoms with Crippen molar-refractivity contribution in [1.29, 1.82) is 0 Å². The maximum absolute atomic E-state index is 13.2. The van der Waals surface area contributed by atoms with Crippen molar-refractivity contribution in [3.05, 3.63) is 100 Å². The maximum Gasteiger partial charge on any atom is 0.254 e. The van der Waals surface area contributed by atoms with E-state index in [0.29, 0.717) is 34.1 Å². The van der Waals surface area contributed by atoms with E-state index in [4.69, 9.17) is 16.3 Å². The van der Waals surface area contributed by atoms with Crippen LogP contribution in [0.3, 0.4) is 0 Å². The summed E-state index contributed by atoms with van der Waals surface area (Å²) in [6.07, 6.45) is 7.43. The molecule has 0 fully saturated rings. The van der Waals surface area contributed by atoms with E-state index in [1.165, 1.54) is 29.8 Å². The lowest BCUT2D eigenvalue weighted by Gasteiger charge is -2.20. The van der Waals surface area contributed by atoms with Crippen LogP contribution in [0, 0.1) is 6.92 Å². The number of anilines is 1. The Kier molecular flexibility index (Phi) is 7.67. The number of allylic oxidation sites excluding steroid dienone is 1. The highest BCUT2D eigenvalue weighted by atomic mass is 35.5. The van der Waals surface area contributed by atoms with Crippen LogP contribution in [0.2, 0.25) is 5.02 Å². The van der Waals surface area contributed by atoms with Gasteiger partial charge in [-0.15, -0.1) is 0 Å². The molecule has 2 aromatic carbocycles. The summed E-state index contributed by atoms with van der Waals surface area (Å²) in [5, 5.41) is 16.0. The molecule has 3 N–H and O–H groups in total. The second-order valence-electron chi connectivity index (χ2n) is 9.04. The van der Waals surface area contributed by atoms with E-state index in [-0.39, 0.29) is 30.9 Å². The molecular weight excluding hydrogens is 520 g/mol. The van der Waals surface area contributed by atoms with Gasteiger partial charge in [-0.05, 0) is 24.1 Å². The molecule has 2 aliphatic heterocycles. The lowest BCUT2D eigenvalue weighted by molar-refractivity contribution is -0.122. The van der Waals surface area contributed by atoms with Crippen LogP contribution in [-0.2, 0) is 16.1 Å². The van der Waals surface area contributed by atoms with Crippen molar-refractivity contribution in [2.45, 2.75) is 19.5 Å². The van der Waals surface area contributed by atoms with Gasteiger partial charge >= 0.3 is 0 Å². The monoisotopic (exact) mass is 544 g/mol. The molecule has 5 rings (SSSR count). The average Bonchev–Trinajstić information content (AvgIpc) is 3.07. The van der Waals surface area contributed by atoms with Crippen LogP contribution in [0.1, 0.15) is 33.1 Å². The molecule has 2 amide bonds. The highest BCUT2D eigenvalue weighted by Gasteiger charge is 2.30. The number of aromatic nitrogens is 2. The molecule has 3 aromatic rings. The number of benzene rings is 2. The zero-order valence-corrected chi connectivity index (χ0v) is 21.7. The summed E-state index contributed by atoms with van der Waals surface area (Å²) < 4.78 is 5.18. The van der Waals surface area contributed by atoms with Gasteiger partial charge in [-0.1, -0.05) is 53.6 Å². The fraction of sp³-hybridized carbons (Fsp3) is 0.179. The molecule has 0 aliphatic carbocycles. The zero-order chi connectivity index (χ0) is 27.4. The number of nitrogens with one attached hydrogen (secondary N) is 2. The van der Waals surface area contributed by atoms with Crippen LogP contribution in [0.25, 0.3) is 11.3 Å². The van der Waals surface area contributed by atoms with E-state index in [2.05, 4.69) is 25.6 Å². The lowest BCUT2D eigenvalue weighted by atomic mass is 10.0. The van der Waals surface area contributed by atoms with E-state index in [1.54, 1.807) is 12.3 Å². The Morgan fingerprint density at radius 3 is 2.95 bits per heavy atom. The standard InChI is InChI=1S/C28H25ClN6O4/c1-17-3-2-4-18(9-17)24(15-36)33-25(37)14-35-13-20-6-5-19(10-22(20)27(35)38)26-23(29)12-31-28(34-26)32-21-11-30-7-8-39-16-21/h2-12,16,24,36H,13-15H2,1H3,(H,33,37)(H,31,32,34). The van der Waals surface area contributed by atoms with Gasteiger partial charge in [0.25, 0.3) is 5.91 Å². The van der Waals surface area contributed by atoms with Crippen molar-refractivity contribution in [3.63, 3.8) is 0 Å². The predicted octanol–water partition coefficient (Wildman–Crippen LogP) is 3.74. The van der Waals surface area contributed by atoms with Crippen molar-refractivity contribution in [3.8, 4) is 11.3 Å². The molecule has 1 aromatic heterocycles. The van der Waals surface area contributed by atoms with Crippen molar-refractivity contribution in [1.82, 2.24) is 20.2 Å². The minimum absolute atomic E-state index is 0.138. The smallest absolute Gasteiger partial charge is 0.254 e. The van der Waals surface area contributed by atoms with Crippen LogP contribution < -0.4 is 10.6 Å². The Balaban J connectivity index is 1.29. The fourth-order valence-corrected chi connectivity index (χ4v) is 4.53. The first kappa shape index (κ1) is 26.1. The third kappa shape index (κ3) is 5.97. The molecule has 2 aliphatic rings. The second kappa shape index (κ2) is 11.5. The minimum Gasteiger partial charge on any atom is -0.469 e. The number of hydrogen-bond donors (Lipinski definition) is 3. The summed E-state index contributed by atoms with van der Waals surface area (Å²) in [7, 11) is 0. The molecule has 1 unspecified atom stereocenters. The number of halogens is 1. The molecule has 0 saturated carbocycles. The Morgan fingerprint density at radius 2 is 2.13 bits per heavy atom. The fourth-order valence-electron chi connectivity index (χ4n) is 4.33. The topological polar surface area (TPSA) is 129 Å². The normalized spacial score (nSPS) is 14.8. The lowest BCUT2D eigenvalue weighted by Crippen LogP contribution is -2.40. The maximum atomic E-state index is 13.2. The van der Waals surface area contributed by atoms with Crippen LogP contribution in [0.4, 0.5) is 5.95 Å². The second-order valence-corrected chi connectivity index (χ2v) is 9.44. The Morgan fingerprint density at radius 1 is 1.26 bits per heavy atom. The third-order valence-corrected chi connectivity index (χ3v) is 6.47. The van der Waals surface area contributed by atoms with Gasteiger partial charge in [0.1, 0.15) is 19.1 Å². The van der Waals surface area contributed by atoms with Gasteiger partial charge < -0.3 is 25.4 Å². The first-order valence-corrected chi connectivity index (χ1v) is 12.5. The SMILES string of the molecule is Cc1cccc(C(CO)NC(=O)CN2Cc3ccc(-c4nc(NC5=COC=CN=C5)ncc4Cl)cc3C2=O)c1. The van der Waals surface area contributed by atoms with Crippen LogP contribution >= 0.6 is 11.6 Å². The van der Waals surface area contributed by atoms with Gasteiger partial charge in [0, 0.05) is 17.7 Å².